The van der Waals surface area contributed by atoms with Crippen LogP contribution >= 0.6 is 0 Å². The summed E-state index contributed by atoms with van der Waals surface area (Å²) >= 11 is 0. The number of hydrogen-bond acceptors (Lipinski definition) is 3. The lowest BCUT2D eigenvalue weighted by Gasteiger charge is -2.15. The van der Waals surface area contributed by atoms with Crippen molar-refractivity contribution in [2.24, 2.45) is 11.7 Å². The monoisotopic (exact) mass is 264 g/mol. The van der Waals surface area contributed by atoms with Crippen LogP contribution in [0.15, 0.2) is 30.3 Å². The van der Waals surface area contributed by atoms with Gasteiger partial charge in [0, 0.05) is 13.7 Å². The topological polar surface area (TPSA) is 64.3 Å². The average molecular weight is 264 g/mol. The van der Waals surface area contributed by atoms with Gasteiger partial charge in [0.05, 0.1) is 12.6 Å². The third-order valence-corrected chi connectivity index (χ3v) is 3.00. The van der Waals surface area contributed by atoms with Crippen LogP contribution in [0.5, 0.6) is 0 Å². The van der Waals surface area contributed by atoms with E-state index in [-0.39, 0.29) is 5.91 Å². The molecule has 0 bridgehead atoms. The zero-order valence-corrected chi connectivity index (χ0v) is 11.8. The number of amides is 1. The predicted molar refractivity (Wildman–Crippen MR) is 76.8 cm³/mol. The minimum atomic E-state index is -0.449. The second-order valence-corrected chi connectivity index (χ2v) is 4.94. The number of nitrogens with one attached hydrogen (secondary N) is 1. The van der Waals surface area contributed by atoms with Gasteiger partial charge in [-0.25, -0.2) is 0 Å². The number of rotatable bonds is 8. The smallest absolute Gasteiger partial charge is 0.236 e. The molecule has 0 saturated heterocycles. The van der Waals surface area contributed by atoms with Crippen LogP contribution in [0.4, 0.5) is 0 Å². The molecule has 0 heterocycles. The molecule has 0 aliphatic rings. The highest BCUT2D eigenvalue weighted by atomic mass is 16.5. The van der Waals surface area contributed by atoms with E-state index in [1.807, 2.05) is 37.3 Å². The first-order chi connectivity index (χ1) is 9.13. The Labute approximate surface area is 115 Å². The Morgan fingerprint density at radius 1 is 1.37 bits per heavy atom. The summed E-state index contributed by atoms with van der Waals surface area (Å²) in [7, 11) is 1.66. The van der Waals surface area contributed by atoms with Crippen molar-refractivity contribution in [3.05, 3.63) is 35.9 Å². The molecule has 0 aliphatic heterocycles. The Morgan fingerprint density at radius 3 is 2.68 bits per heavy atom. The number of carbonyl (C=O) groups excluding carboxylic acids is 1. The van der Waals surface area contributed by atoms with Crippen molar-refractivity contribution in [1.82, 2.24) is 5.32 Å². The van der Waals surface area contributed by atoms with Gasteiger partial charge in [0.15, 0.2) is 0 Å². The SMILES string of the molecule is COCC(C)CNC(=O)[C@@H](N)CCc1ccccc1. The molecule has 4 heteroatoms. The number of benzene rings is 1. The van der Waals surface area contributed by atoms with Gasteiger partial charge >= 0.3 is 0 Å². The van der Waals surface area contributed by atoms with Crippen LogP contribution in [0.1, 0.15) is 18.9 Å². The minimum Gasteiger partial charge on any atom is -0.384 e. The maximum Gasteiger partial charge on any atom is 0.236 e. The number of nitrogens with two attached hydrogens (primary N) is 1. The first-order valence-electron chi connectivity index (χ1n) is 6.69. The Hall–Kier alpha value is -1.39. The maximum atomic E-state index is 11.8. The molecule has 1 rings (SSSR count). The molecule has 1 aromatic carbocycles. The predicted octanol–water partition coefficient (Wildman–Crippen LogP) is 1.35. The van der Waals surface area contributed by atoms with Gasteiger partial charge in [0.25, 0.3) is 0 Å². The largest absolute Gasteiger partial charge is 0.384 e. The molecule has 0 aromatic heterocycles. The van der Waals surface area contributed by atoms with Crippen molar-refractivity contribution >= 4 is 5.91 Å². The van der Waals surface area contributed by atoms with Crippen molar-refractivity contribution < 1.29 is 9.53 Å². The molecule has 0 aliphatic carbocycles. The molecule has 1 amide bonds. The highest BCUT2D eigenvalue weighted by Crippen LogP contribution is 2.04. The zero-order valence-electron chi connectivity index (χ0n) is 11.8. The molecule has 0 saturated carbocycles. The third kappa shape index (κ3) is 6.36. The van der Waals surface area contributed by atoms with Crippen molar-refractivity contribution in [1.29, 1.82) is 0 Å². The summed E-state index contributed by atoms with van der Waals surface area (Å²) in [6.45, 7) is 3.27. The van der Waals surface area contributed by atoms with Gasteiger partial charge in [-0.1, -0.05) is 37.3 Å². The second-order valence-electron chi connectivity index (χ2n) is 4.94. The normalized spacial score (nSPS) is 13.8. The first-order valence-corrected chi connectivity index (χ1v) is 6.69. The molecule has 0 fully saturated rings. The van der Waals surface area contributed by atoms with Crippen molar-refractivity contribution in [2.75, 3.05) is 20.3 Å². The van der Waals surface area contributed by atoms with Gasteiger partial charge in [0.1, 0.15) is 0 Å². The Balaban J connectivity index is 2.25. The fourth-order valence-electron chi connectivity index (χ4n) is 1.85. The standard InChI is InChI=1S/C15H24N2O2/c1-12(11-19-2)10-17-15(18)14(16)9-8-13-6-4-3-5-7-13/h3-7,12,14H,8-11,16H2,1-2H3,(H,17,18)/t12?,14-/m0/s1. The molecule has 4 nitrogen and oxygen atoms in total. The van der Waals surface area contributed by atoms with Gasteiger partial charge in [-0.05, 0) is 24.3 Å². The van der Waals surface area contributed by atoms with Crippen LogP contribution in [0.25, 0.3) is 0 Å². The summed E-state index contributed by atoms with van der Waals surface area (Å²) in [5.74, 6) is 0.217. The van der Waals surface area contributed by atoms with Crippen LogP contribution in [-0.4, -0.2) is 32.2 Å². The van der Waals surface area contributed by atoms with Gasteiger partial charge in [-0.3, -0.25) is 4.79 Å². The van der Waals surface area contributed by atoms with Crippen LogP contribution in [0.3, 0.4) is 0 Å². The van der Waals surface area contributed by atoms with E-state index in [0.717, 1.165) is 6.42 Å². The van der Waals surface area contributed by atoms with Crippen LogP contribution in [-0.2, 0) is 16.0 Å². The fraction of sp³-hybridized carbons (Fsp3) is 0.533. The number of hydrogen-bond donors (Lipinski definition) is 2. The van der Waals surface area contributed by atoms with E-state index >= 15 is 0 Å². The molecule has 0 spiro atoms. The molecule has 1 unspecified atom stereocenters. The van der Waals surface area contributed by atoms with E-state index in [2.05, 4.69) is 5.32 Å². The van der Waals surface area contributed by atoms with Crippen LogP contribution < -0.4 is 11.1 Å². The van der Waals surface area contributed by atoms with Gasteiger partial charge in [0.2, 0.25) is 5.91 Å². The summed E-state index contributed by atoms with van der Waals surface area (Å²) in [5.41, 5.74) is 7.09. The average Bonchev–Trinajstić information content (AvgIpc) is 2.43. The van der Waals surface area contributed by atoms with E-state index < -0.39 is 6.04 Å². The van der Waals surface area contributed by atoms with E-state index in [9.17, 15) is 4.79 Å². The molecular formula is C15H24N2O2. The number of carbonyl (C=O) groups is 1. The zero-order chi connectivity index (χ0) is 14.1. The van der Waals surface area contributed by atoms with Gasteiger partial charge in [-0.15, -0.1) is 0 Å². The summed E-state index contributed by atoms with van der Waals surface area (Å²) in [6, 6.07) is 9.61. The number of aryl methyl sites for hydroxylation is 1. The Bertz CT molecular complexity index is 368. The van der Waals surface area contributed by atoms with Crippen molar-refractivity contribution in [3.8, 4) is 0 Å². The summed E-state index contributed by atoms with van der Waals surface area (Å²) in [4.78, 5) is 11.8. The highest BCUT2D eigenvalue weighted by molar-refractivity contribution is 5.81. The van der Waals surface area contributed by atoms with Gasteiger partial charge < -0.3 is 15.8 Å². The number of methoxy groups -OCH3 is 1. The minimum absolute atomic E-state index is 0.0844. The third-order valence-electron chi connectivity index (χ3n) is 3.00. The molecule has 106 valence electrons. The van der Waals surface area contributed by atoms with E-state index in [0.29, 0.717) is 25.5 Å². The second kappa shape index (κ2) is 8.67. The lowest BCUT2D eigenvalue weighted by atomic mass is 10.1. The van der Waals surface area contributed by atoms with Gasteiger partial charge in [-0.2, -0.15) is 0 Å². The maximum absolute atomic E-state index is 11.8. The lowest BCUT2D eigenvalue weighted by Crippen LogP contribution is -2.42. The molecule has 3 N–H and O–H groups in total. The molecule has 1 aromatic rings. The molecule has 19 heavy (non-hydrogen) atoms. The summed E-state index contributed by atoms with van der Waals surface area (Å²) in [5, 5.41) is 2.86. The Kier molecular flexibility index (Phi) is 7.15. The summed E-state index contributed by atoms with van der Waals surface area (Å²) in [6.07, 6.45) is 1.48. The van der Waals surface area contributed by atoms with E-state index in [1.54, 1.807) is 7.11 Å². The van der Waals surface area contributed by atoms with Crippen molar-refractivity contribution in [2.45, 2.75) is 25.8 Å². The lowest BCUT2D eigenvalue weighted by molar-refractivity contribution is -0.122. The molecular weight excluding hydrogens is 240 g/mol. The van der Waals surface area contributed by atoms with Crippen LogP contribution in [0.2, 0.25) is 0 Å². The number of ether oxygens (including phenoxy) is 1. The summed E-state index contributed by atoms with van der Waals surface area (Å²) < 4.78 is 5.02. The van der Waals surface area contributed by atoms with E-state index in [1.165, 1.54) is 5.56 Å². The molecule has 0 radical (unpaired) electrons. The highest BCUT2D eigenvalue weighted by Gasteiger charge is 2.13. The fourth-order valence-corrected chi connectivity index (χ4v) is 1.85. The quantitative estimate of drug-likeness (QED) is 0.745. The Morgan fingerprint density at radius 2 is 2.05 bits per heavy atom. The van der Waals surface area contributed by atoms with Crippen molar-refractivity contribution in [3.63, 3.8) is 0 Å². The first kappa shape index (κ1) is 15.7. The molecule has 2 atom stereocenters. The van der Waals surface area contributed by atoms with Crippen LogP contribution in [0, 0.1) is 5.92 Å². The van der Waals surface area contributed by atoms with E-state index in [4.69, 9.17) is 10.5 Å².